The Labute approximate surface area is 105 Å². The van der Waals surface area contributed by atoms with E-state index in [2.05, 4.69) is 42.2 Å². The van der Waals surface area contributed by atoms with Crippen molar-refractivity contribution in [2.45, 2.75) is 38.8 Å². The van der Waals surface area contributed by atoms with Gasteiger partial charge in [-0.3, -0.25) is 4.90 Å². The van der Waals surface area contributed by atoms with Crippen LogP contribution in [0.15, 0.2) is 30.3 Å². The van der Waals surface area contributed by atoms with Crippen LogP contribution in [-0.2, 0) is 6.54 Å². The minimum Gasteiger partial charge on any atom is -0.329 e. The Kier molecular flexibility index (Phi) is 4.57. The zero-order valence-corrected chi connectivity index (χ0v) is 10.8. The van der Waals surface area contributed by atoms with E-state index < -0.39 is 0 Å². The predicted molar refractivity (Wildman–Crippen MR) is 72.7 cm³/mol. The van der Waals surface area contributed by atoms with E-state index in [0.29, 0.717) is 6.04 Å². The number of likely N-dealkylation sites (N-methyl/N-ethyl adjacent to an activating group) is 1. The number of rotatable bonds is 6. The molecule has 94 valence electrons. The molecule has 2 nitrogen and oxygen atoms in total. The van der Waals surface area contributed by atoms with E-state index in [4.69, 9.17) is 5.73 Å². The monoisotopic (exact) mass is 232 g/mol. The molecule has 1 aromatic carbocycles. The predicted octanol–water partition coefficient (Wildman–Crippen LogP) is 2.64. The van der Waals surface area contributed by atoms with Gasteiger partial charge in [0, 0.05) is 19.1 Å². The van der Waals surface area contributed by atoms with Crippen molar-refractivity contribution < 1.29 is 0 Å². The fraction of sp³-hybridized carbons (Fsp3) is 0.600. The minimum absolute atomic E-state index is 0.578. The first-order valence-electron chi connectivity index (χ1n) is 6.83. The van der Waals surface area contributed by atoms with Gasteiger partial charge in [0.25, 0.3) is 0 Å². The summed E-state index contributed by atoms with van der Waals surface area (Å²) in [5.41, 5.74) is 7.37. The van der Waals surface area contributed by atoms with Crippen LogP contribution < -0.4 is 5.73 Å². The maximum atomic E-state index is 5.97. The van der Waals surface area contributed by atoms with Crippen molar-refractivity contribution in [1.82, 2.24) is 4.90 Å². The minimum atomic E-state index is 0.578. The summed E-state index contributed by atoms with van der Waals surface area (Å²) in [4.78, 5) is 2.54. The van der Waals surface area contributed by atoms with Crippen molar-refractivity contribution in [2.75, 3.05) is 13.1 Å². The van der Waals surface area contributed by atoms with E-state index in [1.54, 1.807) is 0 Å². The second kappa shape index (κ2) is 6.18. The fourth-order valence-electron chi connectivity index (χ4n) is 2.75. The molecule has 1 unspecified atom stereocenters. The maximum absolute atomic E-state index is 5.97. The van der Waals surface area contributed by atoms with Crippen LogP contribution in [0.1, 0.15) is 31.7 Å². The van der Waals surface area contributed by atoms with Crippen LogP contribution in [0.4, 0.5) is 0 Å². The molecule has 17 heavy (non-hydrogen) atoms. The van der Waals surface area contributed by atoms with Crippen LogP contribution in [0.3, 0.4) is 0 Å². The summed E-state index contributed by atoms with van der Waals surface area (Å²) in [6, 6.07) is 11.3. The van der Waals surface area contributed by atoms with Crippen LogP contribution in [0.5, 0.6) is 0 Å². The lowest BCUT2D eigenvalue weighted by Gasteiger charge is -2.40. The zero-order valence-electron chi connectivity index (χ0n) is 10.8. The van der Waals surface area contributed by atoms with Crippen molar-refractivity contribution in [3.8, 4) is 0 Å². The van der Waals surface area contributed by atoms with Gasteiger partial charge in [-0.05, 0) is 30.9 Å². The average molecular weight is 232 g/mol. The normalized spacial score (nSPS) is 18.1. The summed E-state index contributed by atoms with van der Waals surface area (Å²) in [6.45, 7) is 5.17. The van der Waals surface area contributed by atoms with Gasteiger partial charge in [-0.15, -0.1) is 0 Å². The number of nitrogens with zero attached hydrogens (tertiary/aromatic N) is 1. The molecule has 2 rings (SSSR count). The second-order valence-corrected chi connectivity index (χ2v) is 5.04. The van der Waals surface area contributed by atoms with Gasteiger partial charge in [0.15, 0.2) is 0 Å². The highest BCUT2D eigenvalue weighted by molar-refractivity contribution is 5.14. The van der Waals surface area contributed by atoms with Crippen molar-refractivity contribution in [1.29, 1.82) is 0 Å². The van der Waals surface area contributed by atoms with E-state index in [1.165, 1.54) is 24.8 Å². The largest absolute Gasteiger partial charge is 0.329 e. The number of nitrogens with two attached hydrogens (primary N) is 1. The number of benzene rings is 1. The lowest BCUT2D eigenvalue weighted by Crippen LogP contribution is -2.47. The van der Waals surface area contributed by atoms with E-state index in [9.17, 15) is 0 Å². The van der Waals surface area contributed by atoms with Crippen molar-refractivity contribution >= 4 is 0 Å². The van der Waals surface area contributed by atoms with Gasteiger partial charge in [0.2, 0.25) is 0 Å². The molecule has 0 bridgehead atoms. The van der Waals surface area contributed by atoms with Gasteiger partial charge in [-0.25, -0.2) is 0 Å². The van der Waals surface area contributed by atoms with Crippen molar-refractivity contribution in [3.05, 3.63) is 35.9 Å². The third-order valence-electron chi connectivity index (χ3n) is 4.04. The Morgan fingerprint density at radius 2 is 2.00 bits per heavy atom. The van der Waals surface area contributed by atoms with Crippen molar-refractivity contribution in [2.24, 2.45) is 11.7 Å². The molecular formula is C15H24N2. The highest BCUT2D eigenvalue weighted by Crippen LogP contribution is 2.32. The molecule has 1 aromatic rings. The molecule has 0 heterocycles. The van der Waals surface area contributed by atoms with Crippen molar-refractivity contribution in [3.63, 3.8) is 0 Å². The highest BCUT2D eigenvalue weighted by atomic mass is 15.2. The van der Waals surface area contributed by atoms with Gasteiger partial charge in [0.1, 0.15) is 0 Å². The molecule has 0 spiro atoms. The lowest BCUT2D eigenvalue weighted by atomic mass is 9.79. The van der Waals surface area contributed by atoms with Crippen LogP contribution in [0, 0.1) is 5.92 Å². The average Bonchev–Trinajstić information content (AvgIpc) is 2.32. The van der Waals surface area contributed by atoms with Gasteiger partial charge < -0.3 is 5.73 Å². The first-order chi connectivity index (χ1) is 8.35. The Balaban J connectivity index is 1.99. The van der Waals surface area contributed by atoms with E-state index in [-0.39, 0.29) is 0 Å². The molecule has 0 saturated heterocycles. The summed E-state index contributed by atoms with van der Waals surface area (Å²) in [5, 5.41) is 0. The molecule has 1 aliphatic carbocycles. The molecule has 2 heteroatoms. The quantitative estimate of drug-likeness (QED) is 0.817. The summed E-state index contributed by atoms with van der Waals surface area (Å²) in [5.74, 6) is 0.837. The van der Waals surface area contributed by atoms with Gasteiger partial charge in [-0.2, -0.15) is 0 Å². The number of hydrogen-bond donors (Lipinski definition) is 1. The zero-order chi connectivity index (χ0) is 12.1. The molecule has 1 saturated carbocycles. The smallest absolute Gasteiger partial charge is 0.0250 e. The molecule has 1 fully saturated rings. The third-order valence-corrected chi connectivity index (χ3v) is 4.04. The third kappa shape index (κ3) is 3.08. The Hall–Kier alpha value is -0.860. The fourth-order valence-corrected chi connectivity index (χ4v) is 2.75. The molecule has 0 amide bonds. The molecular weight excluding hydrogens is 208 g/mol. The Morgan fingerprint density at radius 3 is 2.47 bits per heavy atom. The molecule has 0 radical (unpaired) electrons. The van der Waals surface area contributed by atoms with E-state index >= 15 is 0 Å². The molecule has 1 atom stereocenters. The Bertz CT molecular complexity index is 319. The lowest BCUT2D eigenvalue weighted by molar-refractivity contribution is 0.0990. The molecule has 0 aliphatic heterocycles. The molecule has 0 aromatic heterocycles. The second-order valence-electron chi connectivity index (χ2n) is 5.04. The summed E-state index contributed by atoms with van der Waals surface area (Å²) >= 11 is 0. The van der Waals surface area contributed by atoms with Gasteiger partial charge >= 0.3 is 0 Å². The van der Waals surface area contributed by atoms with Crippen LogP contribution in [0.25, 0.3) is 0 Å². The van der Waals surface area contributed by atoms with E-state index in [1.807, 2.05) is 0 Å². The highest BCUT2D eigenvalue weighted by Gasteiger charge is 2.29. The summed E-state index contributed by atoms with van der Waals surface area (Å²) < 4.78 is 0. The van der Waals surface area contributed by atoms with Gasteiger partial charge in [0.05, 0.1) is 0 Å². The van der Waals surface area contributed by atoms with E-state index in [0.717, 1.165) is 25.6 Å². The SMILES string of the molecule is CCN(Cc1ccccc1)C(CN)C1CCC1. The first kappa shape index (κ1) is 12.6. The summed E-state index contributed by atoms with van der Waals surface area (Å²) in [6.07, 6.45) is 4.13. The molecule has 1 aliphatic rings. The topological polar surface area (TPSA) is 29.3 Å². The Morgan fingerprint density at radius 1 is 1.29 bits per heavy atom. The standard InChI is InChI=1S/C15H24N2/c1-2-17(12-13-7-4-3-5-8-13)15(11-16)14-9-6-10-14/h3-5,7-8,14-15H,2,6,9-12,16H2,1H3. The van der Waals surface area contributed by atoms with Crippen LogP contribution >= 0.6 is 0 Å². The van der Waals surface area contributed by atoms with Crippen LogP contribution in [0.2, 0.25) is 0 Å². The summed E-state index contributed by atoms with van der Waals surface area (Å²) in [7, 11) is 0. The maximum Gasteiger partial charge on any atom is 0.0250 e. The first-order valence-corrected chi connectivity index (χ1v) is 6.83. The van der Waals surface area contributed by atoms with Gasteiger partial charge in [-0.1, -0.05) is 43.7 Å². The van der Waals surface area contributed by atoms with Crippen LogP contribution in [-0.4, -0.2) is 24.0 Å². The molecule has 2 N–H and O–H groups in total. The number of hydrogen-bond acceptors (Lipinski definition) is 2.